The fourth-order valence-corrected chi connectivity index (χ4v) is 3.02. The van der Waals surface area contributed by atoms with Gasteiger partial charge < -0.3 is 14.6 Å². The van der Waals surface area contributed by atoms with Crippen molar-refractivity contribution in [3.8, 4) is 28.4 Å². The van der Waals surface area contributed by atoms with Crippen LogP contribution < -0.4 is 10.1 Å². The number of anilines is 1. The maximum atomic E-state index is 13.1. The highest BCUT2D eigenvalue weighted by Crippen LogP contribution is 2.31. The fraction of sp³-hybridized carbons (Fsp3) is 0.136. The van der Waals surface area contributed by atoms with E-state index in [4.69, 9.17) is 9.72 Å². The third-order valence-corrected chi connectivity index (χ3v) is 4.57. The maximum absolute atomic E-state index is 13.1. The van der Waals surface area contributed by atoms with Gasteiger partial charge in [-0.2, -0.15) is 0 Å². The maximum Gasteiger partial charge on any atom is 0.223 e. The fourth-order valence-electron chi connectivity index (χ4n) is 3.02. The van der Waals surface area contributed by atoms with E-state index < -0.39 is 0 Å². The van der Waals surface area contributed by atoms with Crippen LogP contribution in [0.25, 0.3) is 22.6 Å². The SMILES string of the molecule is COc1cccc(-c2cnc(NCc3ccc(F)cc3)nc2-c2nccn2C)c1. The molecular weight excluding hydrogens is 369 g/mol. The van der Waals surface area contributed by atoms with Crippen molar-refractivity contribution < 1.29 is 9.13 Å². The number of halogens is 1. The minimum atomic E-state index is -0.260. The standard InChI is InChI=1S/C22H20FN5O/c1-28-11-10-24-21(28)20-19(16-4-3-5-18(12-16)29-2)14-26-22(27-20)25-13-15-6-8-17(23)9-7-15/h3-12,14H,13H2,1-2H3,(H,25,26,27). The van der Waals surface area contributed by atoms with Crippen molar-refractivity contribution in [1.29, 1.82) is 0 Å². The summed E-state index contributed by atoms with van der Waals surface area (Å²) >= 11 is 0. The van der Waals surface area contributed by atoms with Crippen molar-refractivity contribution >= 4 is 5.95 Å². The van der Waals surface area contributed by atoms with Crippen LogP contribution in [-0.2, 0) is 13.6 Å². The molecule has 0 aliphatic carbocycles. The van der Waals surface area contributed by atoms with Crippen LogP contribution in [0.1, 0.15) is 5.56 Å². The highest BCUT2D eigenvalue weighted by molar-refractivity contribution is 5.78. The molecule has 4 aromatic rings. The molecule has 0 unspecified atom stereocenters. The van der Waals surface area contributed by atoms with Gasteiger partial charge in [0, 0.05) is 37.7 Å². The Kier molecular flexibility index (Phi) is 5.20. The molecule has 4 rings (SSSR count). The van der Waals surface area contributed by atoms with Crippen LogP contribution >= 0.6 is 0 Å². The summed E-state index contributed by atoms with van der Waals surface area (Å²) in [6, 6.07) is 14.1. The van der Waals surface area contributed by atoms with E-state index in [0.29, 0.717) is 18.2 Å². The van der Waals surface area contributed by atoms with Crippen LogP contribution in [0, 0.1) is 5.82 Å². The van der Waals surface area contributed by atoms with Crippen LogP contribution in [0.4, 0.5) is 10.3 Å². The molecular formula is C22H20FN5O. The molecule has 0 bridgehead atoms. The number of aromatic nitrogens is 4. The first-order chi connectivity index (χ1) is 14.1. The van der Waals surface area contributed by atoms with Gasteiger partial charge >= 0.3 is 0 Å². The van der Waals surface area contributed by atoms with Crippen molar-refractivity contribution in [2.75, 3.05) is 12.4 Å². The van der Waals surface area contributed by atoms with Crippen molar-refractivity contribution in [3.05, 3.63) is 78.5 Å². The summed E-state index contributed by atoms with van der Waals surface area (Å²) in [4.78, 5) is 13.6. The number of nitrogens with zero attached hydrogens (tertiary/aromatic N) is 4. The van der Waals surface area contributed by atoms with Crippen LogP contribution in [0.3, 0.4) is 0 Å². The molecule has 0 atom stereocenters. The molecule has 29 heavy (non-hydrogen) atoms. The van der Waals surface area contributed by atoms with Gasteiger partial charge in [-0.05, 0) is 35.4 Å². The van der Waals surface area contributed by atoms with Gasteiger partial charge in [0.15, 0.2) is 5.82 Å². The second-order valence-corrected chi connectivity index (χ2v) is 6.53. The van der Waals surface area contributed by atoms with Gasteiger partial charge in [-0.1, -0.05) is 24.3 Å². The minimum absolute atomic E-state index is 0.260. The summed E-state index contributed by atoms with van der Waals surface area (Å²) in [6.07, 6.45) is 5.38. The van der Waals surface area contributed by atoms with Crippen molar-refractivity contribution in [3.63, 3.8) is 0 Å². The molecule has 2 aromatic carbocycles. The Labute approximate surface area is 168 Å². The number of aryl methyl sites for hydroxylation is 1. The first-order valence-corrected chi connectivity index (χ1v) is 9.11. The molecule has 0 radical (unpaired) electrons. The zero-order chi connectivity index (χ0) is 20.2. The number of imidazole rings is 1. The Balaban J connectivity index is 1.70. The van der Waals surface area contributed by atoms with Gasteiger partial charge in [0.25, 0.3) is 0 Å². The Morgan fingerprint density at radius 1 is 1.10 bits per heavy atom. The lowest BCUT2D eigenvalue weighted by molar-refractivity contribution is 0.415. The zero-order valence-electron chi connectivity index (χ0n) is 16.1. The average Bonchev–Trinajstić information content (AvgIpc) is 3.19. The van der Waals surface area contributed by atoms with E-state index in [2.05, 4.69) is 15.3 Å². The summed E-state index contributed by atoms with van der Waals surface area (Å²) < 4.78 is 20.4. The van der Waals surface area contributed by atoms with E-state index in [1.807, 2.05) is 42.1 Å². The van der Waals surface area contributed by atoms with Crippen LogP contribution in [0.2, 0.25) is 0 Å². The summed E-state index contributed by atoms with van der Waals surface area (Å²) in [5.41, 5.74) is 3.44. The lowest BCUT2D eigenvalue weighted by atomic mass is 10.0. The summed E-state index contributed by atoms with van der Waals surface area (Å²) in [5.74, 6) is 1.70. The number of ether oxygens (including phenoxy) is 1. The molecule has 0 spiro atoms. The molecule has 0 saturated carbocycles. The molecule has 6 nitrogen and oxygen atoms in total. The van der Waals surface area contributed by atoms with E-state index in [-0.39, 0.29) is 5.82 Å². The zero-order valence-corrected chi connectivity index (χ0v) is 16.1. The van der Waals surface area contributed by atoms with Crippen LogP contribution in [0.5, 0.6) is 5.75 Å². The number of rotatable bonds is 6. The van der Waals surface area contributed by atoms with Gasteiger partial charge in [-0.3, -0.25) is 0 Å². The van der Waals surface area contributed by atoms with Gasteiger partial charge in [-0.25, -0.2) is 19.3 Å². The number of hydrogen-bond acceptors (Lipinski definition) is 5. The van der Waals surface area contributed by atoms with E-state index in [0.717, 1.165) is 28.3 Å². The third-order valence-electron chi connectivity index (χ3n) is 4.57. The molecule has 146 valence electrons. The summed E-state index contributed by atoms with van der Waals surface area (Å²) in [6.45, 7) is 0.485. The summed E-state index contributed by atoms with van der Waals surface area (Å²) in [5, 5.41) is 3.20. The number of hydrogen-bond donors (Lipinski definition) is 1. The molecule has 7 heteroatoms. The molecule has 0 amide bonds. The van der Waals surface area contributed by atoms with E-state index in [1.165, 1.54) is 12.1 Å². The first kappa shape index (κ1) is 18.6. The molecule has 0 fully saturated rings. The lowest BCUT2D eigenvalue weighted by Gasteiger charge is -2.12. The van der Waals surface area contributed by atoms with Gasteiger partial charge in [0.2, 0.25) is 5.95 Å². The van der Waals surface area contributed by atoms with Gasteiger partial charge in [-0.15, -0.1) is 0 Å². The topological polar surface area (TPSA) is 64.9 Å². The predicted octanol–water partition coefficient (Wildman–Crippen LogP) is 4.30. The highest BCUT2D eigenvalue weighted by atomic mass is 19.1. The predicted molar refractivity (Wildman–Crippen MR) is 110 cm³/mol. The number of nitrogens with one attached hydrogen (secondary N) is 1. The minimum Gasteiger partial charge on any atom is -0.497 e. The molecule has 2 heterocycles. The average molecular weight is 389 g/mol. The molecule has 1 N–H and O–H groups in total. The molecule has 0 aliphatic rings. The van der Waals surface area contributed by atoms with E-state index in [9.17, 15) is 4.39 Å². The monoisotopic (exact) mass is 389 g/mol. The highest BCUT2D eigenvalue weighted by Gasteiger charge is 2.15. The van der Waals surface area contributed by atoms with Crippen molar-refractivity contribution in [2.24, 2.45) is 7.05 Å². The number of benzene rings is 2. The van der Waals surface area contributed by atoms with Gasteiger partial charge in [0.1, 0.15) is 17.3 Å². The third kappa shape index (κ3) is 4.08. The second kappa shape index (κ2) is 8.10. The quantitative estimate of drug-likeness (QED) is 0.533. The van der Waals surface area contributed by atoms with Gasteiger partial charge in [0.05, 0.1) is 7.11 Å². The number of methoxy groups -OCH3 is 1. The first-order valence-electron chi connectivity index (χ1n) is 9.11. The second-order valence-electron chi connectivity index (χ2n) is 6.53. The molecule has 0 aliphatic heterocycles. The lowest BCUT2D eigenvalue weighted by Crippen LogP contribution is -2.06. The van der Waals surface area contributed by atoms with E-state index >= 15 is 0 Å². The largest absolute Gasteiger partial charge is 0.497 e. The normalized spacial score (nSPS) is 10.7. The van der Waals surface area contributed by atoms with E-state index in [1.54, 1.807) is 31.6 Å². The van der Waals surface area contributed by atoms with Crippen molar-refractivity contribution in [1.82, 2.24) is 19.5 Å². The van der Waals surface area contributed by atoms with Crippen LogP contribution in [-0.4, -0.2) is 26.6 Å². The molecule has 0 saturated heterocycles. The smallest absolute Gasteiger partial charge is 0.223 e. The Morgan fingerprint density at radius 3 is 2.66 bits per heavy atom. The van der Waals surface area contributed by atoms with Crippen molar-refractivity contribution in [2.45, 2.75) is 6.54 Å². The van der Waals surface area contributed by atoms with Crippen LogP contribution in [0.15, 0.2) is 67.1 Å². The summed E-state index contributed by atoms with van der Waals surface area (Å²) in [7, 11) is 3.56. The Hall–Kier alpha value is -3.74. The Morgan fingerprint density at radius 2 is 1.93 bits per heavy atom. The Bertz CT molecular complexity index is 1120. The molecule has 2 aromatic heterocycles.